The molecule has 1 aliphatic rings. The molecule has 10 heteroatoms. The maximum Gasteiger partial charge on any atom is 0.172 e. The van der Waals surface area contributed by atoms with Crippen molar-refractivity contribution >= 4 is 17.2 Å². The van der Waals surface area contributed by atoms with E-state index in [0.717, 1.165) is 22.7 Å². The van der Waals surface area contributed by atoms with Gasteiger partial charge < -0.3 is 29.5 Å². The molecule has 1 aromatic heterocycles. The lowest BCUT2D eigenvalue weighted by Crippen LogP contribution is -2.43. The highest BCUT2D eigenvalue weighted by Crippen LogP contribution is 2.31. The first-order valence-electron chi connectivity index (χ1n) is 11.1. The van der Waals surface area contributed by atoms with E-state index in [2.05, 4.69) is 16.5 Å². The maximum atomic E-state index is 10.6. The number of methoxy groups -OCH3 is 3. The van der Waals surface area contributed by atoms with Gasteiger partial charge in [0.15, 0.2) is 5.84 Å². The first-order valence-corrected chi connectivity index (χ1v) is 11.1. The number of amidine groups is 1. The van der Waals surface area contributed by atoms with Gasteiger partial charge in [-0.25, -0.2) is 9.98 Å². The molecule has 0 aliphatic carbocycles. The zero-order chi connectivity index (χ0) is 24.7. The molecule has 2 heterocycles. The zero-order valence-electron chi connectivity index (χ0n) is 20.6. The fraction of sp³-hybridized carbons (Fsp3) is 0.458. The fourth-order valence-corrected chi connectivity index (χ4v) is 3.74. The summed E-state index contributed by atoms with van der Waals surface area (Å²) in [6.45, 7) is 2.44. The van der Waals surface area contributed by atoms with Crippen LogP contribution in [0.1, 0.15) is 18.9 Å². The van der Waals surface area contributed by atoms with Crippen molar-refractivity contribution in [3.63, 3.8) is 0 Å². The van der Waals surface area contributed by atoms with E-state index < -0.39 is 6.10 Å². The minimum atomic E-state index is -0.712. The van der Waals surface area contributed by atoms with Crippen LogP contribution in [-0.2, 0) is 11.8 Å². The maximum absolute atomic E-state index is 10.6. The Kier molecular flexibility index (Phi) is 8.67. The third-order valence-electron chi connectivity index (χ3n) is 5.50. The van der Waals surface area contributed by atoms with Crippen LogP contribution in [0.25, 0.3) is 0 Å². The van der Waals surface area contributed by atoms with Crippen molar-refractivity contribution in [1.82, 2.24) is 15.1 Å². The average molecular weight is 471 g/mol. The van der Waals surface area contributed by atoms with Crippen LogP contribution < -0.4 is 19.7 Å². The smallest absolute Gasteiger partial charge is 0.172 e. The summed E-state index contributed by atoms with van der Waals surface area (Å²) < 4.78 is 17.8. The largest absolute Gasteiger partial charge is 0.497 e. The second-order valence-electron chi connectivity index (χ2n) is 7.97. The number of aromatic nitrogens is 2. The Hall–Kier alpha value is -3.37. The number of nitrogens with one attached hydrogen (secondary N) is 1. The van der Waals surface area contributed by atoms with Gasteiger partial charge in [-0.05, 0) is 6.92 Å². The van der Waals surface area contributed by atoms with Crippen LogP contribution in [0.4, 0.5) is 5.69 Å². The Bertz CT molecular complexity index is 1040. The van der Waals surface area contributed by atoms with Crippen LogP contribution in [0.5, 0.6) is 11.5 Å². The molecule has 0 amide bonds. The third kappa shape index (κ3) is 6.15. The molecule has 0 spiro atoms. The number of aliphatic imine (C=N–C) groups is 2. The lowest BCUT2D eigenvalue weighted by Gasteiger charge is -2.34. The van der Waals surface area contributed by atoms with Gasteiger partial charge in [0.2, 0.25) is 0 Å². The summed E-state index contributed by atoms with van der Waals surface area (Å²) >= 11 is 0. The number of ether oxygens (including phenoxy) is 3. The average Bonchev–Trinajstić information content (AvgIpc) is 3.28. The van der Waals surface area contributed by atoms with E-state index in [0.29, 0.717) is 30.3 Å². The first kappa shape index (κ1) is 25.3. The molecule has 0 saturated carbocycles. The van der Waals surface area contributed by atoms with Crippen molar-refractivity contribution in [1.29, 1.82) is 0 Å². The Balaban J connectivity index is 2.02. The molecule has 0 bridgehead atoms. The lowest BCUT2D eigenvalue weighted by molar-refractivity contribution is 0.0677. The summed E-state index contributed by atoms with van der Waals surface area (Å²) in [4.78, 5) is 11.8. The van der Waals surface area contributed by atoms with Gasteiger partial charge in [-0.3, -0.25) is 4.68 Å². The number of aliphatic hydroxyl groups excluding tert-OH is 1. The summed E-state index contributed by atoms with van der Waals surface area (Å²) in [5, 5.41) is 18.0. The van der Waals surface area contributed by atoms with E-state index in [9.17, 15) is 5.11 Å². The molecule has 2 atom stereocenters. The number of likely N-dealkylation sites (N-methyl/N-ethyl adjacent to an activating group) is 1. The third-order valence-corrected chi connectivity index (χ3v) is 5.50. The minimum absolute atomic E-state index is 0.205. The molecule has 2 N–H and O–H groups in total. The lowest BCUT2D eigenvalue weighted by atomic mass is 10.1. The van der Waals surface area contributed by atoms with Crippen molar-refractivity contribution in [2.75, 3.05) is 46.4 Å². The van der Waals surface area contributed by atoms with Crippen LogP contribution in [-0.4, -0.2) is 80.2 Å². The number of nitrogens with zero attached hydrogens (tertiary/aromatic N) is 5. The number of anilines is 1. The van der Waals surface area contributed by atoms with E-state index in [-0.39, 0.29) is 12.8 Å². The standard InChI is InChI=1S/C24H34N6O4/c1-16(17-12-26-29(3)13-17)27-24-22(25-2)7-8-23(28-24)30(14-19(31)15-32-4)18-9-20(33-5)11-21(10-18)34-6/h7,9-13,19,23,25,31H,8,14-15H2,1-6H3/b27-16+. The highest BCUT2D eigenvalue weighted by Gasteiger charge is 2.26. The number of rotatable bonds is 10. The van der Waals surface area contributed by atoms with Gasteiger partial charge in [0.05, 0.1) is 44.5 Å². The van der Waals surface area contributed by atoms with Gasteiger partial charge in [0.25, 0.3) is 0 Å². The molecule has 34 heavy (non-hydrogen) atoms. The highest BCUT2D eigenvalue weighted by molar-refractivity contribution is 6.11. The van der Waals surface area contributed by atoms with Crippen LogP contribution in [0.2, 0.25) is 0 Å². The summed E-state index contributed by atoms with van der Waals surface area (Å²) in [7, 11) is 8.50. The Labute approximate surface area is 200 Å². The molecule has 2 unspecified atom stereocenters. The Morgan fingerprint density at radius 2 is 1.97 bits per heavy atom. The van der Waals surface area contributed by atoms with E-state index in [1.807, 2.05) is 50.3 Å². The van der Waals surface area contributed by atoms with E-state index in [1.54, 1.807) is 32.2 Å². The van der Waals surface area contributed by atoms with Crippen LogP contribution in [0, 0.1) is 0 Å². The van der Waals surface area contributed by atoms with Crippen LogP contribution in [0.15, 0.2) is 52.4 Å². The molecule has 3 rings (SSSR count). The van der Waals surface area contributed by atoms with Crippen molar-refractivity contribution in [2.24, 2.45) is 17.0 Å². The van der Waals surface area contributed by atoms with Gasteiger partial charge in [-0.2, -0.15) is 5.10 Å². The van der Waals surface area contributed by atoms with E-state index >= 15 is 0 Å². The van der Waals surface area contributed by atoms with Gasteiger partial charge >= 0.3 is 0 Å². The highest BCUT2D eigenvalue weighted by atomic mass is 16.5. The number of aryl methyl sites for hydroxylation is 1. The molecule has 2 aromatic rings. The molecule has 1 aliphatic heterocycles. The van der Waals surface area contributed by atoms with E-state index in [1.165, 1.54) is 0 Å². The predicted molar refractivity (Wildman–Crippen MR) is 133 cm³/mol. The number of benzene rings is 1. The van der Waals surface area contributed by atoms with Gasteiger partial charge in [-0.15, -0.1) is 0 Å². The summed E-state index contributed by atoms with van der Waals surface area (Å²) in [5.74, 6) is 1.89. The molecule has 1 aromatic carbocycles. The SMILES string of the molecule is CNC1=CCC(N(CC(O)COC)c2cc(OC)cc(OC)c2)N=C1/N=C(\C)c1cnn(C)c1. The van der Waals surface area contributed by atoms with Crippen molar-refractivity contribution in [3.8, 4) is 11.5 Å². The fourth-order valence-electron chi connectivity index (χ4n) is 3.74. The molecule has 0 fully saturated rings. The molecular weight excluding hydrogens is 436 g/mol. The monoisotopic (exact) mass is 470 g/mol. The first-order chi connectivity index (χ1) is 16.4. The number of aliphatic hydroxyl groups is 1. The predicted octanol–water partition coefficient (Wildman–Crippen LogP) is 1.99. The van der Waals surface area contributed by atoms with Gasteiger partial charge in [0, 0.05) is 69.8 Å². The number of hydrogen-bond donors (Lipinski definition) is 2. The topological polar surface area (TPSA) is 106 Å². The molecule has 10 nitrogen and oxygen atoms in total. The molecule has 0 radical (unpaired) electrons. The van der Waals surface area contributed by atoms with Gasteiger partial charge in [-0.1, -0.05) is 6.08 Å². The van der Waals surface area contributed by atoms with Crippen molar-refractivity contribution in [3.05, 3.63) is 47.9 Å². The number of hydrogen-bond acceptors (Lipinski definition) is 9. The second kappa shape index (κ2) is 11.7. The van der Waals surface area contributed by atoms with Gasteiger partial charge in [0.1, 0.15) is 17.7 Å². The van der Waals surface area contributed by atoms with Crippen LogP contribution in [0.3, 0.4) is 0 Å². The zero-order valence-corrected chi connectivity index (χ0v) is 20.6. The summed E-state index contributed by atoms with van der Waals surface area (Å²) in [6.07, 6.45) is 5.37. The van der Waals surface area contributed by atoms with Crippen molar-refractivity contribution in [2.45, 2.75) is 25.6 Å². The van der Waals surface area contributed by atoms with Crippen molar-refractivity contribution < 1.29 is 19.3 Å². The summed E-state index contributed by atoms with van der Waals surface area (Å²) in [6, 6.07) is 5.61. The minimum Gasteiger partial charge on any atom is -0.497 e. The summed E-state index contributed by atoms with van der Waals surface area (Å²) in [5.41, 5.74) is 3.39. The molecule has 184 valence electrons. The quantitative estimate of drug-likeness (QED) is 0.512. The molecular formula is C24H34N6O4. The Morgan fingerprint density at radius 1 is 1.26 bits per heavy atom. The normalized spacial score (nSPS) is 17.0. The van der Waals surface area contributed by atoms with E-state index in [4.69, 9.17) is 24.2 Å². The molecule has 0 saturated heterocycles. The second-order valence-corrected chi connectivity index (χ2v) is 7.97. The Morgan fingerprint density at radius 3 is 2.53 bits per heavy atom. The van der Waals surface area contributed by atoms with Crippen LogP contribution >= 0.6 is 0 Å². The number of dihydropyridines is 1.